The zero-order chi connectivity index (χ0) is 46.6. The van der Waals surface area contributed by atoms with Gasteiger partial charge in [-0.05, 0) is 106 Å². The Hall–Kier alpha value is 1.69. The van der Waals surface area contributed by atoms with Gasteiger partial charge in [-0.1, -0.05) is 96.9 Å². The van der Waals surface area contributed by atoms with E-state index in [0.29, 0.717) is 36.3 Å². The van der Waals surface area contributed by atoms with Gasteiger partial charge in [0.05, 0.1) is 0 Å². The first kappa shape index (κ1) is 57.8. The van der Waals surface area contributed by atoms with Gasteiger partial charge in [0.2, 0.25) is 0 Å². The van der Waals surface area contributed by atoms with E-state index in [0.717, 1.165) is 6.04 Å². The second-order valence-electron chi connectivity index (χ2n) is 23.4. The van der Waals surface area contributed by atoms with E-state index < -0.39 is 87.1 Å². The third kappa shape index (κ3) is 19.5. The Kier molecular flexibility index (Phi) is 21.4. The fourth-order valence-corrected chi connectivity index (χ4v) is 57.5. The van der Waals surface area contributed by atoms with Gasteiger partial charge in [0, 0.05) is 43.4 Å². The lowest BCUT2D eigenvalue weighted by Crippen LogP contribution is -2.79. The van der Waals surface area contributed by atoms with E-state index in [1.807, 2.05) is 0 Å². The molecule has 0 amide bonds. The van der Waals surface area contributed by atoms with Crippen molar-refractivity contribution in [3.63, 3.8) is 0 Å². The van der Waals surface area contributed by atoms with Gasteiger partial charge in [-0.25, -0.2) is 0 Å². The third-order valence-corrected chi connectivity index (χ3v) is 49.6. The van der Waals surface area contributed by atoms with E-state index >= 15 is 0 Å². The quantitative estimate of drug-likeness (QED) is 0.0909. The molecule has 0 aromatic heterocycles. The fourth-order valence-electron chi connectivity index (χ4n) is 7.96. The minimum atomic E-state index is -4.05. The molecule has 22 heteroatoms. The molecule has 2 saturated heterocycles. The van der Waals surface area contributed by atoms with Crippen molar-refractivity contribution >= 4 is 87.1 Å². The summed E-state index contributed by atoms with van der Waals surface area (Å²) in [5.74, 6) is 1.23. The van der Waals surface area contributed by atoms with Crippen LogP contribution in [0.25, 0.3) is 0 Å². The van der Waals surface area contributed by atoms with E-state index in [2.05, 4.69) is 156 Å². The summed E-state index contributed by atoms with van der Waals surface area (Å²) in [6.45, 7) is 50.7. The van der Waals surface area contributed by atoms with E-state index in [1.165, 1.54) is 0 Å². The highest BCUT2D eigenvalue weighted by atomic mass is 28.6. The van der Waals surface area contributed by atoms with Crippen molar-refractivity contribution in [1.82, 2.24) is 0 Å². The Morgan fingerprint density at radius 3 is 1.22 bits per heavy atom. The third-order valence-electron chi connectivity index (χ3n) is 8.80. The molecule has 2 heterocycles. The smallest absolute Gasteiger partial charge is 0.417 e. The molecule has 12 nitrogen and oxygen atoms in total. The zero-order valence-corrected chi connectivity index (χ0v) is 53.1. The minimum absolute atomic E-state index is 0.104. The molecule has 358 valence electrons. The summed E-state index contributed by atoms with van der Waals surface area (Å²) in [6, 6.07) is 3.97. The molecule has 60 heavy (non-hydrogen) atoms. The topological polar surface area (TPSA) is 111 Å². The molecule has 0 saturated carbocycles. The average Bonchev–Trinajstić information content (AvgIpc) is 2.89. The van der Waals surface area contributed by atoms with E-state index in [4.69, 9.17) is 49.7 Å². The van der Waals surface area contributed by atoms with Crippen LogP contribution in [-0.2, 0) is 49.7 Å². The molecule has 0 radical (unpaired) electrons. The van der Waals surface area contributed by atoms with Crippen LogP contribution >= 0.6 is 0 Å². The minimum Gasteiger partial charge on any atom is -0.417 e. The predicted octanol–water partition coefficient (Wildman–Crippen LogP) is 11.8. The van der Waals surface area contributed by atoms with Gasteiger partial charge in [-0.2, -0.15) is 0 Å². The summed E-state index contributed by atoms with van der Waals surface area (Å²) < 4.78 is 91.8. The Morgan fingerprint density at radius 1 is 0.417 bits per heavy atom. The van der Waals surface area contributed by atoms with E-state index in [1.54, 1.807) is 7.11 Å². The van der Waals surface area contributed by atoms with Gasteiger partial charge >= 0.3 is 62.1 Å². The summed E-state index contributed by atoms with van der Waals surface area (Å²) in [7, 11) is -30.9. The van der Waals surface area contributed by atoms with Crippen molar-refractivity contribution in [2.75, 3.05) is 7.11 Å². The molecule has 2 bridgehead atoms. The Labute approximate surface area is 381 Å². The van der Waals surface area contributed by atoms with Crippen molar-refractivity contribution in [2.24, 2.45) is 41.4 Å². The Morgan fingerprint density at radius 2 is 0.817 bits per heavy atom. The van der Waals surface area contributed by atoms with Gasteiger partial charge in [-0.3, -0.25) is 0 Å². The number of hydrogen-bond donors (Lipinski definition) is 0. The van der Waals surface area contributed by atoms with Gasteiger partial charge in [-0.15, -0.1) is 0 Å². The van der Waals surface area contributed by atoms with Crippen LogP contribution in [0.1, 0.15) is 96.9 Å². The molecule has 0 N–H and O–H groups in total. The van der Waals surface area contributed by atoms with Gasteiger partial charge in [0.25, 0.3) is 0 Å². The molecular formula is C38H94O12Si10. The van der Waals surface area contributed by atoms with Crippen LogP contribution in [0.15, 0.2) is 0 Å². The molecule has 2 fully saturated rings. The molecule has 2 aliphatic rings. The molecular weight excluding hydrogens is 929 g/mol. The van der Waals surface area contributed by atoms with Crippen molar-refractivity contribution in [1.29, 1.82) is 0 Å². The summed E-state index contributed by atoms with van der Waals surface area (Å²) in [6.07, 6.45) is 0. The van der Waals surface area contributed by atoms with Crippen molar-refractivity contribution in [3.8, 4) is 0 Å². The maximum absolute atomic E-state index is 8.03. The highest BCUT2D eigenvalue weighted by Crippen LogP contribution is 2.48. The highest BCUT2D eigenvalue weighted by molar-refractivity contribution is 6.97. The lowest BCUT2D eigenvalue weighted by molar-refractivity contribution is 0.0390. The normalized spacial score (nSPS) is 31.4. The monoisotopic (exact) mass is 1020 g/mol. The van der Waals surface area contributed by atoms with Crippen LogP contribution < -0.4 is 0 Å². The zero-order valence-electron chi connectivity index (χ0n) is 43.0. The first-order valence-electron chi connectivity index (χ1n) is 23.1. The molecule has 0 aliphatic carbocycles. The Bertz CT molecular complexity index is 1320. The van der Waals surface area contributed by atoms with Crippen molar-refractivity contribution in [2.45, 2.75) is 198 Å². The van der Waals surface area contributed by atoms with Crippen molar-refractivity contribution in [3.05, 3.63) is 0 Å². The summed E-state index contributed by atoms with van der Waals surface area (Å²) in [5.41, 5.74) is 0. The SMILES string of the molecule is CO[Si](CC(C)C)(O[Si](C)(C)C)O[Si]1(CC(C)C)O[Si]2(CC(C)C)O[SiH](CC(C)C)O[Si](CC(C)C)(O[Si](C)(C)C)O[Si](CC(C)C)(O2)O[Si](CC(C)C)(O[Si](C)(C)C)O1. The molecule has 2 rings (SSSR count). The maximum atomic E-state index is 8.03. The van der Waals surface area contributed by atoms with Gasteiger partial charge in [0.1, 0.15) is 0 Å². The van der Waals surface area contributed by atoms with Gasteiger partial charge in [0.15, 0.2) is 25.0 Å². The fraction of sp³-hybridized carbons (Fsp3) is 1.00. The van der Waals surface area contributed by atoms with Crippen molar-refractivity contribution < 1.29 is 49.7 Å². The van der Waals surface area contributed by atoms with Crippen LogP contribution in [0.5, 0.6) is 0 Å². The number of fused-ring (bicyclic) bond motifs is 2. The standard InChI is InChI=1S/C38H94O12Si10/c1-32(2)25-51-40-56(27-34(5)6,43-53(19,20)21)46-60(31-38(13)14)48-57(41-51,28-35(7)8)47-59(30-37(11)12,45-55(39-15,26-33(3)4)42-52(16,17)18)49-58(50-60,29-36(9)10)44-54(22,23)24/h32-38,51H,25-31H2,1-24H3. The molecule has 7 atom stereocenters. The largest absolute Gasteiger partial charge is 0.483 e. The first-order valence-corrected chi connectivity index (χ1v) is 46.7. The molecule has 7 unspecified atom stereocenters. The van der Waals surface area contributed by atoms with E-state index in [9.17, 15) is 0 Å². The van der Waals surface area contributed by atoms with Crippen LogP contribution in [0.2, 0.25) is 101 Å². The maximum Gasteiger partial charge on any atom is 0.483 e. The summed E-state index contributed by atoms with van der Waals surface area (Å²) in [4.78, 5) is 0. The van der Waals surface area contributed by atoms with Gasteiger partial charge < -0.3 is 49.7 Å². The molecule has 0 aromatic rings. The average molecular weight is 1020 g/mol. The van der Waals surface area contributed by atoms with Crippen LogP contribution in [-0.4, -0.2) is 94.2 Å². The molecule has 2 aliphatic heterocycles. The molecule has 0 spiro atoms. The first-order chi connectivity index (χ1) is 26.9. The van der Waals surface area contributed by atoms with E-state index in [-0.39, 0.29) is 41.4 Å². The predicted molar refractivity (Wildman–Crippen MR) is 268 cm³/mol. The van der Waals surface area contributed by atoms with Crippen LogP contribution in [0.3, 0.4) is 0 Å². The van der Waals surface area contributed by atoms with Crippen LogP contribution in [0.4, 0.5) is 0 Å². The summed E-state index contributed by atoms with van der Waals surface area (Å²) >= 11 is 0. The van der Waals surface area contributed by atoms with Crippen LogP contribution in [0, 0.1) is 41.4 Å². The second kappa shape index (κ2) is 22.2. The number of rotatable bonds is 23. The molecule has 0 aromatic carbocycles. The number of hydrogen-bond acceptors (Lipinski definition) is 12. The summed E-state index contributed by atoms with van der Waals surface area (Å²) in [5, 5.41) is 0. The second-order valence-corrected chi connectivity index (χ2v) is 57.7. The highest BCUT2D eigenvalue weighted by Gasteiger charge is 2.73. The Balaban J connectivity index is 3.39. The lowest BCUT2D eigenvalue weighted by Gasteiger charge is -2.56. The lowest BCUT2D eigenvalue weighted by atomic mass is 10.3.